The van der Waals surface area contributed by atoms with Gasteiger partial charge in [0.2, 0.25) is 0 Å². The highest BCUT2D eigenvalue weighted by Gasteiger charge is 2.16. The minimum atomic E-state index is -0.369. The van der Waals surface area contributed by atoms with Crippen LogP contribution in [0.3, 0.4) is 0 Å². The molecule has 0 aliphatic rings. The number of nitrogen functional groups attached to an aromatic ring is 1. The average molecular weight is 348 g/mol. The van der Waals surface area contributed by atoms with Crippen LogP contribution in [0.1, 0.15) is 5.56 Å². The standard InChI is InChI=1S/C14H11BrFN5/c1-8-3-2-4-10(13(8)17)14-18-19-20-21(14)12-7-9(16)5-6-11(12)15/h2-7H,17H2,1H3. The predicted molar refractivity (Wildman–Crippen MR) is 81.4 cm³/mol. The van der Waals surface area contributed by atoms with Crippen LogP contribution in [0.5, 0.6) is 0 Å². The van der Waals surface area contributed by atoms with Crippen LogP contribution in [-0.2, 0) is 0 Å². The number of nitrogens with two attached hydrogens (primary N) is 1. The van der Waals surface area contributed by atoms with Crippen LogP contribution < -0.4 is 5.73 Å². The third-order valence-corrected chi connectivity index (χ3v) is 3.84. The van der Waals surface area contributed by atoms with Crippen LogP contribution in [0, 0.1) is 12.7 Å². The lowest BCUT2D eigenvalue weighted by Gasteiger charge is -2.10. The van der Waals surface area contributed by atoms with Crippen LogP contribution in [0.2, 0.25) is 0 Å². The summed E-state index contributed by atoms with van der Waals surface area (Å²) in [5, 5.41) is 11.6. The smallest absolute Gasteiger partial charge is 0.189 e. The average Bonchev–Trinajstić information content (AvgIpc) is 2.93. The van der Waals surface area contributed by atoms with Crippen molar-refractivity contribution in [1.29, 1.82) is 0 Å². The van der Waals surface area contributed by atoms with Crippen molar-refractivity contribution >= 4 is 21.6 Å². The van der Waals surface area contributed by atoms with Gasteiger partial charge in [0.15, 0.2) is 5.82 Å². The van der Waals surface area contributed by atoms with Crippen molar-refractivity contribution in [3.63, 3.8) is 0 Å². The molecular formula is C14H11BrFN5. The molecule has 5 nitrogen and oxygen atoms in total. The van der Waals surface area contributed by atoms with Crippen molar-refractivity contribution in [2.75, 3.05) is 5.73 Å². The third-order valence-electron chi connectivity index (χ3n) is 3.17. The quantitative estimate of drug-likeness (QED) is 0.723. The van der Waals surface area contributed by atoms with Gasteiger partial charge in [-0.25, -0.2) is 4.39 Å². The minimum absolute atomic E-state index is 0.369. The number of rotatable bonds is 2. The Morgan fingerprint density at radius 3 is 2.86 bits per heavy atom. The number of halogens is 2. The maximum Gasteiger partial charge on any atom is 0.189 e. The molecule has 1 aromatic heterocycles. The van der Waals surface area contributed by atoms with Gasteiger partial charge in [-0.3, -0.25) is 0 Å². The highest BCUT2D eigenvalue weighted by Crippen LogP contribution is 2.30. The molecule has 1 heterocycles. The molecule has 0 amide bonds. The number of anilines is 1. The van der Waals surface area contributed by atoms with Gasteiger partial charge in [-0.1, -0.05) is 12.1 Å². The van der Waals surface area contributed by atoms with Crippen molar-refractivity contribution in [2.45, 2.75) is 6.92 Å². The lowest BCUT2D eigenvalue weighted by molar-refractivity contribution is 0.624. The molecule has 0 saturated carbocycles. The van der Waals surface area contributed by atoms with E-state index >= 15 is 0 Å². The summed E-state index contributed by atoms with van der Waals surface area (Å²) >= 11 is 3.38. The zero-order valence-electron chi connectivity index (χ0n) is 11.1. The Balaban J connectivity index is 2.22. The number of hydrogen-bond donors (Lipinski definition) is 1. The molecule has 0 atom stereocenters. The largest absolute Gasteiger partial charge is 0.398 e. The van der Waals surface area contributed by atoms with Crippen molar-refractivity contribution < 1.29 is 4.39 Å². The van der Waals surface area contributed by atoms with Crippen LogP contribution in [0.25, 0.3) is 17.1 Å². The second kappa shape index (κ2) is 5.25. The Morgan fingerprint density at radius 2 is 2.05 bits per heavy atom. The Bertz CT molecular complexity index is 798. The maximum absolute atomic E-state index is 13.5. The number of benzene rings is 2. The Labute approximate surface area is 128 Å². The molecule has 0 aliphatic carbocycles. The first-order valence-corrected chi connectivity index (χ1v) is 6.96. The van der Waals surface area contributed by atoms with Crippen LogP contribution in [0.15, 0.2) is 40.9 Å². The summed E-state index contributed by atoms with van der Waals surface area (Å²) in [5.41, 5.74) is 8.84. The number of aromatic nitrogens is 4. The molecule has 2 N–H and O–H groups in total. The fraction of sp³-hybridized carbons (Fsp3) is 0.0714. The summed E-state index contributed by atoms with van der Waals surface area (Å²) in [4.78, 5) is 0. The normalized spacial score (nSPS) is 10.8. The molecule has 3 aromatic rings. The minimum Gasteiger partial charge on any atom is -0.398 e. The highest BCUT2D eigenvalue weighted by molar-refractivity contribution is 9.10. The summed E-state index contributed by atoms with van der Waals surface area (Å²) in [6.07, 6.45) is 0. The number of para-hydroxylation sites is 1. The molecule has 0 bridgehead atoms. The summed E-state index contributed by atoms with van der Waals surface area (Å²) in [5.74, 6) is 0.0920. The molecule has 106 valence electrons. The molecule has 7 heteroatoms. The van der Waals surface area contributed by atoms with Gasteiger partial charge >= 0.3 is 0 Å². The van der Waals surface area contributed by atoms with E-state index < -0.39 is 0 Å². The van der Waals surface area contributed by atoms with Gasteiger partial charge in [0.25, 0.3) is 0 Å². The molecule has 0 saturated heterocycles. The third kappa shape index (κ3) is 2.40. The lowest BCUT2D eigenvalue weighted by Crippen LogP contribution is -2.03. The second-order valence-electron chi connectivity index (χ2n) is 4.55. The summed E-state index contributed by atoms with van der Waals surface area (Å²) in [6.45, 7) is 1.91. The Morgan fingerprint density at radius 1 is 1.24 bits per heavy atom. The van der Waals surface area contributed by atoms with E-state index in [1.807, 2.05) is 25.1 Å². The second-order valence-corrected chi connectivity index (χ2v) is 5.40. The number of aryl methyl sites for hydroxylation is 1. The summed E-state index contributed by atoms with van der Waals surface area (Å²) in [7, 11) is 0. The first-order valence-electron chi connectivity index (χ1n) is 6.17. The number of nitrogens with zero attached hydrogens (tertiary/aromatic N) is 4. The van der Waals surface area contributed by atoms with E-state index in [0.717, 1.165) is 5.56 Å². The van der Waals surface area contributed by atoms with E-state index in [0.29, 0.717) is 27.2 Å². The summed E-state index contributed by atoms with van der Waals surface area (Å²) < 4.78 is 15.6. The van der Waals surface area contributed by atoms with E-state index in [1.54, 1.807) is 6.07 Å². The van der Waals surface area contributed by atoms with Gasteiger partial charge in [-0.15, -0.1) is 5.10 Å². The van der Waals surface area contributed by atoms with E-state index in [9.17, 15) is 4.39 Å². The molecule has 0 unspecified atom stereocenters. The fourth-order valence-electron chi connectivity index (χ4n) is 2.04. The Hall–Kier alpha value is -2.28. The first-order chi connectivity index (χ1) is 10.1. The highest BCUT2D eigenvalue weighted by atomic mass is 79.9. The lowest BCUT2D eigenvalue weighted by atomic mass is 10.1. The first kappa shape index (κ1) is 13.7. The number of tetrazole rings is 1. The molecule has 21 heavy (non-hydrogen) atoms. The van der Waals surface area contributed by atoms with Crippen molar-refractivity contribution in [3.05, 3.63) is 52.3 Å². The zero-order chi connectivity index (χ0) is 15.0. The van der Waals surface area contributed by atoms with Gasteiger partial charge in [0.1, 0.15) is 5.82 Å². The van der Waals surface area contributed by atoms with Crippen molar-refractivity contribution in [3.8, 4) is 17.1 Å². The summed E-state index contributed by atoms with van der Waals surface area (Å²) in [6, 6.07) is 9.94. The Kier molecular flexibility index (Phi) is 3.42. The topological polar surface area (TPSA) is 69.6 Å². The molecule has 0 aliphatic heterocycles. The molecule has 0 radical (unpaired) electrons. The van der Waals surface area contributed by atoms with Crippen molar-refractivity contribution in [1.82, 2.24) is 20.2 Å². The monoisotopic (exact) mass is 347 g/mol. The molecule has 0 fully saturated rings. The maximum atomic E-state index is 13.5. The van der Waals surface area contributed by atoms with Crippen LogP contribution in [0.4, 0.5) is 10.1 Å². The van der Waals surface area contributed by atoms with E-state index in [2.05, 4.69) is 31.5 Å². The molecule has 3 rings (SSSR count). The van der Waals surface area contributed by atoms with E-state index in [-0.39, 0.29) is 5.82 Å². The molecular weight excluding hydrogens is 337 g/mol. The van der Waals surface area contributed by atoms with Gasteiger partial charge in [-0.05, 0) is 57.0 Å². The van der Waals surface area contributed by atoms with Crippen LogP contribution >= 0.6 is 15.9 Å². The number of hydrogen-bond acceptors (Lipinski definition) is 4. The van der Waals surface area contributed by atoms with Crippen LogP contribution in [-0.4, -0.2) is 20.2 Å². The molecule has 0 spiro atoms. The van der Waals surface area contributed by atoms with Gasteiger partial charge in [0.05, 0.1) is 5.69 Å². The fourth-order valence-corrected chi connectivity index (χ4v) is 2.46. The van der Waals surface area contributed by atoms with Gasteiger partial charge in [0, 0.05) is 21.8 Å². The zero-order valence-corrected chi connectivity index (χ0v) is 12.7. The predicted octanol–water partition coefficient (Wildman–Crippen LogP) is 3.12. The van der Waals surface area contributed by atoms with E-state index in [4.69, 9.17) is 5.73 Å². The SMILES string of the molecule is Cc1cccc(-c2nnnn2-c2cc(F)ccc2Br)c1N. The molecule has 2 aromatic carbocycles. The van der Waals surface area contributed by atoms with Gasteiger partial charge in [-0.2, -0.15) is 4.68 Å². The van der Waals surface area contributed by atoms with Crippen molar-refractivity contribution in [2.24, 2.45) is 0 Å². The van der Waals surface area contributed by atoms with Gasteiger partial charge < -0.3 is 5.73 Å². The van der Waals surface area contributed by atoms with E-state index in [1.165, 1.54) is 16.8 Å².